The lowest BCUT2D eigenvalue weighted by Crippen LogP contribution is -2.43. The maximum absolute atomic E-state index is 12.2. The fourth-order valence-electron chi connectivity index (χ4n) is 1.96. The highest BCUT2D eigenvalue weighted by Crippen LogP contribution is 2.10. The number of carbonyl (C=O) groups excluding carboxylic acids is 2. The third-order valence-corrected chi connectivity index (χ3v) is 3.16. The smallest absolute Gasteiger partial charge is 0.328 e. The molecule has 23 heavy (non-hydrogen) atoms. The fourth-order valence-corrected chi connectivity index (χ4v) is 1.96. The lowest BCUT2D eigenvalue weighted by molar-refractivity contribution is -0.142. The van der Waals surface area contributed by atoms with E-state index in [-0.39, 0.29) is 6.42 Å². The number of rotatable bonds is 6. The predicted octanol–water partition coefficient (Wildman–Crippen LogP) is 0.999. The molecule has 0 radical (unpaired) electrons. The first-order valence-electron chi connectivity index (χ1n) is 6.91. The summed E-state index contributed by atoms with van der Waals surface area (Å²) in [5, 5.41) is 2.65. The number of hydrogen-bond acceptors (Lipinski definition) is 6. The molecule has 0 aliphatic rings. The van der Waals surface area contributed by atoms with Crippen LogP contribution < -0.4 is 10.1 Å². The van der Waals surface area contributed by atoms with Gasteiger partial charge in [0.2, 0.25) is 5.88 Å². The molecule has 2 heterocycles. The molecule has 0 unspecified atom stereocenters. The summed E-state index contributed by atoms with van der Waals surface area (Å²) >= 11 is 0. The molecule has 1 amide bonds. The van der Waals surface area contributed by atoms with E-state index in [1.54, 1.807) is 36.7 Å². The van der Waals surface area contributed by atoms with E-state index in [0.29, 0.717) is 11.4 Å². The first kappa shape index (κ1) is 16.4. The number of pyridine rings is 2. The van der Waals surface area contributed by atoms with E-state index in [1.165, 1.54) is 20.4 Å². The number of nitrogens with zero attached hydrogens (tertiary/aromatic N) is 2. The first-order chi connectivity index (χ1) is 11.1. The lowest BCUT2D eigenvalue weighted by atomic mass is 10.1. The van der Waals surface area contributed by atoms with E-state index < -0.39 is 17.9 Å². The maximum atomic E-state index is 12.2. The number of methoxy groups -OCH3 is 2. The Morgan fingerprint density at radius 1 is 1.22 bits per heavy atom. The van der Waals surface area contributed by atoms with E-state index >= 15 is 0 Å². The van der Waals surface area contributed by atoms with E-state index in [9.17, 15) is 9.59 Å². The van der Waals surface area contributed by atoms with Gasteiger partial charge in [-0.15, -0.1) is 0 Å². The van der Waals surface area contributed by atoms with Crippen LogP contribution in [0.5, 0.6) is 5.88 Å². The number of esters is 1. The Kier molecular flexibility index (Phi) is 5.62. The number of carbonyl (C=O) groups is 2. The van der Waals surface area contributed by atoms with Crippen molar-refractivity contribution in [1.29, 1.82) is 0 Å². The van der Waals surface area contributed by atoms with Gasteiger partial charge in [-0.1, -0.05) is 6.07 Å². The Hall–Kier alpha value is -2.96. The second-order valence-electron chi connectivity index (χ2n) is 4.70. The minimum absolute atomic E-state index is 0.260. The van der Waals surface area contributed by atoms with Gasteiger partial charge < -0.3 is 14.8 Å². The van der Waals surface area contributed by atoms with Gasteiger partial charge in [-0.05, 0) is 17.7 Å². The van der Waals surface area contributed by atoms with Gasteiger partial charge in [-0.2, -0.15) is 0 Å². The molecule has 1 N–H and O–H groups in total. The zero-order chi connectivity index (χ0) is 16.7. The van der Waals surface area contributed by atoms with Crippen molar-refractivity contribution in [3.05, 3.63) is 54.0 Å². The summed E-state index contributed by atoms with van der Waals surface area (Å²) < 4.78 is 9.74. The Morgan fingerprint density at radius 3 is 2.61 bits per heavy atom. The SMILES string of the molecule is COC(=O)[C@H](Cc1ccc(OC)nc1)NC(=O)c1cccnc1. The number of ether oxygens (including phenoxy) is 2. The number of hydrogen-bond donors (Lipinski definition) is 1. The fraction of sp³-hybridized carbons (Fsp3) is 0.250. The Labute approximate surface area is 133 Å². The van der Waals surface area contributed by atoms with Crippen LogP contribution in [0.25, 0.3) is 0 Å². The van der Waals surface area contributed by atoms with Crippen molar-refractivity contribution >= 4 is 11.9 Å². The third-order valence-electron chi connectivity index (χ3n) is 3.16. The van der Waals surface area contributed by atoms with Crippen LogP contribution in [-0.2, 0) is 16.0 Å². The van der Waals surface area contributed by atoms with Crippen LogP contribution in [0.3, 0.4) is 0 Å². The molecule has 0 aliphatic carbocycles. The Morgan fingerprint density at radius 2 is 2.04 bits per heavy atom. The van der Waals surface area contributed by atoms with Gasteiger partial charge in [-0.25, -0.2) is 9.78 Å². The van der Waals surface area contributed by atoms with Crippen molar-refractivity contribution in [1.82, 2.24) is 15.3 Å². The largest absolute Gasteiger partial charge is 0.481 e. The van der Waals surface area contributed by atoms with Gasteiger partial charge in [0, 0.05) is 31.1 Å². The lowest BCUT2D eigenvalue weighted by Gasteiger charge is -2.16. The molecule has 0 aliphatic heterocycles. The maximum Gasteiger partial charge on any atom is 0.328 e. The molecular weight excluding hydrogens is 298 g/mol. The summed E-state index contributed by atoms with van der Waals surface area (Å²) in [4.78, 5) is 32.0. The normalized spacial score (nSPS) is 11.4. The molecule has 2 aromatic heterocycles. The van der Waals surface area contributed by atoms with Gasteiger partial charge in [0.1, 0.15) is 6.04 Å². The van der Waals surface area contributed by atoms with Gasteiger partial charge in [0.15, 0.2) is 0 Å². The van der Waals surface area contributed by atoms with E-state index in [0.717, 1.165) is 5.56 Å². The van der Waals surface area contributed by atoms with Gasteiger partial charge in [-0.3, -0.25) is 9.78 Å². The zero-order valence-corrected chi connectivity index (χ0v) is 12.9. The van der Waals surface area contributed by atoms with Crippen molar-refractivity contribution < 1.29 is 19.1 Å². The average molecular weight is 315 g/mol. The predicted molar refractivity (Wildman–Crippen MR) is 82.0 cm³/mol. The quantitative estimate of drug-likeness (QED) is 0.800. The van der Waals surface area contributed by atoms with Crippen LogP contribution in [0, 0.1) is 0 Å². The summed E-state index contributed by atoms with van der Waals surface area (Å²) in [6.45, 7) is 0. The molecule has 2 rings (SSSR count). The summed E-state index contributed by atoms with van der Waals surface area (Å²) in [5.74, 6) is -0.448. The zero-order valence-electron chi connectivity index (χ0n) is 12.9. The molecule has 1 atom stereocenters. The summed E-state index contributed by atoms with van der Waals surface area (Å²) in [6, 6.07) is 5.91. The molecule has 0 saturated heterocycles. The van der Waals surface area contributed by atoms with Crippen molar-refractivity contribution in [3.8, 4) is 5.88 Å². The minimum Gasteiger partial charge on any atom is -0.481 e. The standard InChI is InChI=1S/C16H17N3O4/c1-22-14-6-5-11(9-18-14)8-13(16(21)23-2)19-15(20)12-4-3-7-17-10-12/h3-7,9-10,13H,8H2,1-2H3,(H,19,20)/t13-/m0/s1. The molecule has 7 heteroatoms. The number of amides is 1. The monoisotopic (exact) mass is 315 g/mol. The van der Waals surface area contributed by atoms with Crippen LogP contribution in [0.2, 0.25) is 0 Å². The highest BCUT2D eigenvalue weighted by atomic mass is 16.5. The van der Waals surface area contributed by atoms with Gasteiger partial charge in [0.05, 0.1) is 19.8 Å². The highest BCUT2D eigenvalue weighted by Gasteiger charge is 2.22. The van der Waals surface area contributed by atoms with Crippen LogP contribution in [0.1, 0.15) is 15.9 Å². The van der Waals surface area contributed by atoms with E-state index in [1.807, 2.05) is 0 Å². The van der Waals surface area contributed by atoms with Crippen molar-refractivity contribution in [3.63, 3.8) is 0 Å². The highest BCUT2D eigenvalue weighted by molar-refractivity contribution is 5.96. The Balaban J connectivity index is 2.10. The molecule has 0 spiro atoms. The molecule has 0 bridgehead atoms. The molecule has 0 aromatic carbocycles. The van der Waals surface area contributed by atoms with Crippen molar-refractivity contribution in [2.75, 3.05) is 14.2 Å². The van der Waals surface area contributed by atoms with Crippen LogP contribution in [-0.4, -0.2) is 42.1 Å². The van der Waals surface area contributed by atoms with Crippen LogP contribution >= 0.6 is 0 Å². The molecule has 120 valence electrons. The minimum atomic E-state index is -0.817. The average Bonchev–Trinajstić information content (AvgIpc) is 2.61. The molecule has 7 nitrogen and oxygen atoms in total. The molecule has 0 fully saturated rings. The third kappa shape index (κ3) is 4.50. The van der Waals surface area contributed by atoms with Crippen LogP contribution in [0.15, 0.2) is 42.9 Å². The van der Waals surface area contributed by atoms with Crippen molar-refractivity contribution in [2.45, 2.75) is 12.5 Å². The van der Waals surface area contributed by atoms with Crippen LogP contribution in [0.4, 0.5) is 0 Å². The summed E-state index contributed by atoms with van der Waals surface area (Å²) in [5.41, 5.74) is 1.14. The second-order valence-corrected chi connectivity index (χ2v) is 4.70. The molecule has 2 aromatic rings. The second kappa shape index (κ2) is 7.88. The van der Waals surface area contributed by atoms with E-state index in [2.05, 4.69) is 15.3 Å². The summed E-state index contributed by atoms with van der Waals surface area (Å²) in [6.07, 6.45) is 4.84. The number of nitrogens with one attached hydrogen (secondary N) is 1. The van der Waals surface area contributed by atoms with E-state index in [4.69, 9.17) is 9.47 Å². The Bertz CT molecular complexity index is 659. The molecular formula is C16H17N3O4. The first-order valence-corrected chi connectivity index (χ1v) is 6.91. The topological polar surface area (TPSA) is 90.4 Å². The van der Waals surface area contributed by atoms with Gasteiger partial charge >= 0.3 is 5.97 Å². The number of aromatic nitrogens is 2. The summed E-state index contributed by atoms with van der Waals surface area (Å²) in [7, 11) is 2.80. The van der Waals surface area contributed by atoms with Gasteiger partial charge in [0.25, 0.3) is 5.91 Å². The van der Waals surface area contributed by atoms with Crippen molar-refractivity contribution in [2.24, 2.45) is 0 Å². The molecule has 0 saturated carbocycles.